The summed E-state index contributed by atoms with van der Waals surface area (Å²) in [5.41, 5.74) is -2.31. The first kappa shape index (κ1) is 19.5. The molecule has 12 heteroatoms. The molecule has 2 heterocycles. The summed E-state index contributed by atoms with van der Waals surface area (Å²) >= 11 is 12.2. The molecular weight excluding hydrogens is 404 g/mol. The first-order valence-corrected chi connectivity index (χ1v) is 8.17. The van der Waals surface area contributed by atoms with Crippen LogP contribution in [0.15, 0.2) is 28.3 Å². The molecule has 0 saturated carbocycles. The van der Waals surface area contributed by atoms with Gasteiger partial charge in [-0.05, 0) is 13.0 Å². The van der Waals surface area contributed by atoms with Crippen molar-refractivity contribution in [2.75, 3.05) is 5.32 Å². The molecule has 25 heavy (non-hydrogen) atoms. The van der Waals surface area contributed by atoms with E-state index in [4.69, 9.17) is 23.2 Å². The van der Waals surface area contributed by atoms with Crippen LogP contribution in [0.3, 0.4) is 0 Å². The Hall–Kier alpha value is -1.78. The summed E-state index contributed by atoms with van der Waals surface area (Å²) in [7, 11) is 0. The fraction of sp³-hybridized carbons (Fsp3) is 0.231. The van der Waals surface area contributed by atoms with Gasteiger partial charge in [0, 0.05) is 12.3 Å². The highest BCUT2D eigenvalue weighted by Crippen LogP contribution is 2.29. The maximum Gasteiger partial charge on any atom is 0.433 e. The number of H-pyrrole nitrogens is 1. The standard InChI is InChI=1S/C13H9Cl2F3N4O2S/c1-5(11(24)22-10-7(15)2-6(14)4-19-10)25-12-20-8(13(16,17)18)3-9(23)21-12/h2-5H,1H3,(H,19,22,24)(H,20,21,23). The van der Waals surface area contributed by atoms with Crippen molar-refractivity contribution in [2.45, 2.75) is 23.5 Å². The normalized spacial score (nSPS) is 12.7. The van der Waals surface area contributed by atoms with E-state index < -0.39 is 28.6 Å². The molecule has 134 valence electrons. The predicted octanol–water partition coefficient (Wildman–Crippen LogP) is 3.61. The van der Waals surface area contributed by atoms with Gasteiger partial charge in [0.15, 0.2) is 16.7 Å². The van der Waals surface area contributed by atoms with Crippen molar-refractivity contribution in [3.63, 3.8) is 0 Å². The Kier molecular flexibility index (Phi) is 5.96. The zero-order chi connectivity index (χ0) is 18.8. The summed E-state index contributed by atoms with van der Waals surface area (Å²) in [5.74, 6) is -0.546. The molecule has 0 saturated heterocycles. The second-order valence-corrected chi connectivity index (χ2v) is 6.84. The zero-order valence-corrected chi connectivity index (χ0v) is 14.6. The van der Waals surface area contributed by atoms with E-state index >= 15 is 0 Å². The van der Waals surface area contributed by atoms with E-state index in [0.29, 0.717) is 17.8 Å². The molecule has 2 N–H and O–H groups in total. The van der Waals surface area contributed by atoms with Gasteiger partial charge in [-0.1, -0.05) is 35.0 Å². The van der Waals surface area contributed by atoms with Crippen molar-refractivity contribution < 1.29 is 18.0 Å². The van der Waals surface area contributed by atoms with Crippen LogP contribution in [-0.2, 0) is 11.0 Å². The lowest BCUT2D eigenvalue weighted by Gasteiger charge is -2.12. The maximum atomic E-state index is 12.7. The van der Waals surface area contributed by atoms with Crippen LogP contribution in [0.2, 0.25) is 10.0 Å². The number of alkyl halides is 3. The molecule has 0 spiro atoms. The van der Waals surface area contributed by atoms with Crippen molar-refractivity contribution in [1.29, 1.82) is 0 Å². The Morgan fingerprint density at radius 2 is 2.04 bits per heavy atom. The number of anilines is 1. The second-order valence-electron chi connectivity index (χ2n) is 4.67. The van der Waals surface area contributed by atoms with Crippen LogP contribution >= 0.6 is 35.0 Å². The minimum Gasteiger partial charge on any atom is -0.308 e. The molecule has 2 aromatic heterocycles. The van der Waals surface area contributed by atoms with Crippen LogP contribution in [0.5, 0.6) is 0 Å². The molecule has 2 aromatic rings. The fourth-order valence-corrected chi connectivity index (χ4v) is 2.82. The number of rotatable bonds is 4. The fourth-order valence-electron chi connectivity index (χ4n) is 1.58. The highest BCUT2D eigenvalue weighted by Gasteiger charge is 2.33. The number of amides is 1. The average molecular weight is 413 g/mol. The Morgan fingerprint density at radius 3 is 2.64 bits per heavy atom. The lowest BCUT2D eigenvalue weighted by molar-refractivity contribution is -0.141. The number of hydrogen-bond acceptors (Lipinski definition) is 5. The molecule has 0 aliphatic rings. The lowest BCUT2D eigenvalue weighted by atomic mass is 10.4. The smallest absolute Gasteiger partial charge is 0.308 e. The van der Waals surface area contributed by atoms with E-state index in [2.05, 4.69) is 20.3 Å². The quantitative estimate of drug-likeness (QED) is 0.591. The molecule has 0 aromatic carbocycles. The van der Waals surface area contributed by atoms with E-state index in [0.717, 1.165) is 0 Å². The third-order valence-corrected chi connectivity index (χ3v) is 4.20. The number of carbonyl (C=O) groups excluding carboxylic acids is 1. The van der Waals surface area contributed by atoms with Crippen molar-refractivity contribution in [2.24, 2.45) is 0 Å². The Morgan fingerprint density at radius 1 is 1.36 bits per heavy atom. The van der Waals surface area contributed by atoms with Gasteiger partial charge in [0.2, 0.25) is 5.91 Å². The number of aromatic amines is 1. The summed E-state index contributed by atoms with van der Waals surface area (Å²) in [6.07, 6.45) is -3.50. The van der Waals surface area contributed by atoms with E-state index in [1.807, 2.05) is 0 Å². The van der Waals surface area contributed by atoms with Gasteiger partial charge in [0.25, 0.3) is 5.56 Å². The van der Waals surface area contributed by atoms with Gasteiger partial charge in [0.05, 0.1) is 15.3 Å². The summed E-state index contributed by atoms with van der Waals surface area (Å²) in [4.78, 5) is 32.7. The molecule has 0 fully saturated rings. The monoisotopic (exact) mass is 412 g/mol. The van der Waals surface area contributed by atoms with Gasteiger partial charge in [-0.2, -0.15) is 13.2 Å². The maximum absolute atomic E-state index is 12.7. The van der Waals surface area contributed by atoms with Crippen LogP contribution in [0.1, 0.15) is 12.6 Å². The van der Waals surface area contributed by atoms with Crippen LogP contribution in [-0.4, -0.2) is 26.1 Å². The van der Waals surface area contributed by atoms with Gasteiger partial charge in [0.1, 0.15) is 0 Å². The summed E-state index contributed by atoms with van der Waals surface area (Å²) in [5, 5.41) is 1.56. The van der Waals surface area contributed by atoms with Crippen LogP contribution in [0, 0.1) is 0 Å². The average Bonchev–Trinajstić information content (AvgIpc) is 2.48. The first-order chi connectivity index (χ1) is 11.6. The number of hydrogen-bond donors (Lipinski definition) is 2. The van der Waals surface area contributed by atoms with Crippen molar-refractivity contribution >= 4 is 46.7 Å². The van der Waals surface area contributed by atoms with Gasteiger partial charge < -0.3 is 10.3 Å². The number of nitrogens with one attached hydrogen (secondary N) is 2. The Balaban J connectivity index is 2.13. The topological polar surface area (TPSA) is 87.7 Å². The lowest BCUT2D eigenvalue weighted by Crippen LogP contribution is -2.24. The predicted molar refractivity (Wildman–Crippen MR) is 88.1 cm³/mol. The van der Waals surface area contributed by atoms with Crippen LogP contribution < -0.4 is 10.9 Å². The molecule has 1 unspecified atom stereocenters. The van der Waals surface area contributed by atoms with E-state index in [1.54, 1.807) is 0 Å². The first-order valence-electron chi connectivity index (χ1n) is 6.53. The Labute approximate surface area is 153 Å². The number of aromatic nitrogens is 3. The Bertz CT molecular complexity index is 860. The second kappa shape index (κ2) is 7.63. The third kappa shape index (κ3) is 5.35. The molecular formula is C13H9Cl2F3N4O2S. The molecule has 1 atom stereocenters. The van der Waals surface area contributed by atoms with E-state index in [9.17, 15) is 22.8 Å². The van der Waals surface area contributed by atoms with Gasteiger partial charge in [-0.15, -0.1) is 0 Å². The van der Waals surface area contributed by atoms with Crippen molar-refractivity contribution in [1.82, 2.24) is 15.0 Å². The van der Waals surface area contributed by atoms with Crippen LogP contribution in [0.4, 0.5) is 19.0 Å². The summed E-state index contributed by atoms with van der Waals surface area (Å²) in [6.45, 7) is 1.42. The number of thioether (sulfide) groups is 1. The SMILES string of the molecule is CC(Sc1nc(C(F)(F)F)cc(=O)[nH]1)C(=O)Nc1ncc(Cl)cc1Cl. The largest absolute Gasteiger partial charge is 0.433 e. The number of halogens is 5. The minimum absolute atomic E-state index is 0.0500. The van der Waals surface area contributed by atoms with Crippen molar-refractivity contribution in [3.8, 4) is 0 Å². The van der Waals surface area contributed by atoms with Gasteiger partial charge in [-0.25, -0.2) is 9.97 Å². The molecule has 0 radical (unpaired) electrons. The molecule has 1 amide bonds. The summed E-state index contributed by atoms with van der Waals surface area (Å²) < 4.78 is 38.0. The van der Waals surface area contributed by atoms with Gasteiger partial charge >= 0.3 is 6.18 Å². The van der Waals surface area contributed by atoms with E-state index in [1.165, 1.54) is 19.2 Å². The van der Waals surface area contributed by atoms with Gasteiger partial charge in [-0.3, -0.25) is 9.59 Å². The molecule has 0 aliphatic heterocycles. The van der Waals surface area contributed by atoms with Crippen molar-refractivity contribution in [3.05, 3.63) is 44.4 Å². The third-order valence-electron chi connectivity index (χ3n) is 2.72. The molecule has 2 rings (SSSR count). The highest BCUT2D eigenvalue weighted by atomic mass is 35.5. The minimum atomic E-state index is -4.77. The van der Waals surface area contributed by atoms with Crippen LogP contribution in [0.25, 0.3) is 0 Å². The molecule has 6 nitrogen and oxygen atoms in total. The molecule has 0 bridgehead atoms. The number of nitrogens with zero attached hydrogens (tertiary/aromatic N) is 2. The number of pyridine rings is 1. The van der Waals surface area contributed by atoms with E-state index in [-0.39, 0.29) is 21.0 Å². The summed E-state index contributed by atoms with van der Waals surface area (Å²) in [6, 6.07) is 1.71. The number of carbonyl (C=O) groups is 1. The molecule has 0 aliphatic carbocycles. The zero-order valence-electron chi connectivity index (χ0n) is 12.3. The highest BCUT2D eigenvalue weighted by molar-refractivity contribution is 8.00.